The van der Waals surface area contributed by atoms with Gasteiger partial charge in [-0.1, -0.05) is 18.2 Å². The van der Waals surface area contributed by atoms with Crippen molar-refractivity contribution >= 4 is 17.9 Å². The normalized spacial score (nSPS) is 14.5. The van der Waals surface area contributed by atoms with Crippen molar-refractivity contribution in [3.8, 4) is 0 Å². The van der Waals surface area contributed by atoms with E-state index in [0.717, 1.165) is 0 Å². The van der Waals surface area contributed by atoms with E-state index in [2.05, 4.69) is 5.32 Å². The van der Waals surface area contributed by atoms with E-state index in [0.29, 0.717) is 51.1 Å². The van der Waals surface area contributed by atoms with Gasteiger partial charge in [0.05, 0.1) is 13.2 Å². The molecule has 28 heavy (non-hydrogen) atoms. The first-order valence-electron chi connectivity index (χ1n) is 9.61. The van der Waals surface area contributed by atoms with E-state index >= 15 is 0 Å². The molecule has 1 aromatic carbocycles. The van der Waals surface area contributed by atoms with Gasteiger partial charge in [0.1, 0.15) is 5.82 Å². The highest BCUT2D eigenvalue weighted by molar-refractivity contribution is 5.84. The lowest BCUT2D eigenvalue weighted by Crippen LogP contribution is -2.51. The zero-order valence-corrected chi connectivity index (χ0v) is 16.4. The predicted octanol–water partition coefficient (Wildman–Crippen LogP) is 1.95. The van der Waals surface area contributed by atoms with Gasteiger partial charge < -0.3 is 19.9 Å². The van der Waals surface area contributed by atoms with Crippen LogP contribution in [-0.2, 0) is 20.7 Å². The van der Waals surface area contributed by atoms with Crippen molar-refractivity contribution in [1.29, 1.82) is 0 Å². The Balaban J connectivity index is 1.80. The minimum atomic E-state index is -0.346. The molecule has 0 saturated carbocycles. The average molecular weight is 393 g/mol. The standard InChI is InChI=1S/C20H28FN3O4/c1-3-28-20(27)23-12-9-17(10-13-23)24(15(2)25)14-19(26)22-11-8-16-6-4-5-7-18(16)21/h4-7,17H,3,8-14H2,1-2H3,(H,22,26). The first-order chi connectivity index (χ1) is 13.4. The first kappa shape index (κ1) is 21.7. The van der Waals surface area contributed by atoms with Crippen LogP contribution in [-0.4, -0.2) is 66.5 Å². The van der Waals surface area contributed by atoms with Gasteiger partial charge in [0.2, 0.25) is 11.8 Å². The molecule has 0 spiro atoms. The second kappa shape index (κ2) is 10.6. The van der Waals surface area contributed by atoms with Gasteiger partial charge in [-0.15, -0.1) is 0 Å². The Labute approximate surface area is 164 Å². The number of nitrogens with zero attached hydrogens (tertiary/aromatic N) is 2. The molecule has 1 aliphatic heterocycles. The van der Waals surface area contributed by atoms with E-state index in [9.17, 15) is 18.8 Å². The number of nitrogens with one attached hydrogen (secondary N) is 1. The Kier molecular flexibility index (Phi) is 8.22. The number of carbonyl (C=O) groups excluding carboxylic acids is 3. The SMILES string of the molecule is CCOC(=O)N1CCC(N(CC(=O)NCCc2ccccc2F)C(C)=O)CC1. The van der Waals surface area contributed by atoms with Crippen LogP contribution in [0.5, 0.6) is 0 Å². The van der Waals surface area contributed by atoms with Crippen molar-refractivity contribution in [2.45, 2.75) is 39.2 Å². The van der Waals surface area contributed by atoms with Gasteiger partial charge >= 0.3 is 6.09 Å². The third kappa shape index (κ3) is 6.21. The lowest BCUT2D eigenvalue weighted by Gasteiger charge is -2.37. The minimum Gasteiger partial charge on any atom is -0.450 e. The number of carbonyl (C=O) groups is 3. The molecule has 1 fully saturated rings. The highest BCUT2D eigenvalue weighted by Gasteiger charge is 2.29. The molecular formula is C20H28FN3O4. The van der Waals surface area contributed by atoms with Gasteiger partial charge in [0.15, 0.2) is 0 Å². The maximum absolute atomic E-state index is 13.6. The summed E-state index contributed by atoms with van der Waals surface area (Å²) >= 11 is 0. The summed E-state index contributed by atoms with van der Waals surface area (Å²) in [5.41, 5.74) is 0.539. The summed E-state index contributed by atoms with van der Waals surface area (Å²) in [4.78, 5) is 39.2. The van der Waals surface area contributed by atoms with Crippen LogP contribution in [0.25, 0.3) is 0 Å². The second-order valence-corrected chi connectivity index (χ2v) is 6.76. The Morgan fingerprint density at radius 2 is 1.93 bits per heavy atom. The molecular weight excluding hydrogens is 365 g/mol. The summed E-state index contributed by atoms with van der Waals surface area (Å²) in [6.45, 7) is 4.75. The fraction of sp³-hybridized carbons (Fsp3) is 0.550. The van der Waals surface area contributed by atoms with Crippen LogP contribution in [0.15, 0.2) is 24.3 Å². The molecule has 0 aromatic heterocycles. The summed E-state index contributed by atoms with van der Waals surface area (Å²) in [6.07, 6.45) is 1.24. The molecule has 1 saturated heterocycles. The van der Waals surface area contributed by atoms with Gasteiger partial charge in [-0.25, -0.2) is 9.18 Å². The van der Waals surface area contributed by atoms with Crippen LogP contribution in [0.3, 0.4) is 0 Å². The number of amides is 3. The molecule has 1 aliphatic rings. The highest BCUT2D eigenvalue weighted by atomic mass is 19.1. The number of hydrogen-bond donors (Lipinski definition) is 1. The molecule has 8 heteroatoms. The summed E-state index contributed by atoms with van der Waals surface area (Å²) in [6, 6.07) is 6.34. The number of ether oxygens (including phenoxy) is 1. The van der Waals surface area contributed by atoms with Gasteiger partial charge in [-0.05, 0) is 37.8 Å². The van der Waals surface area contributed by atoms with Crippen molar-refractivity contribution in [2.24, 2.45) is 0 Å². The van der Waals surface area contributed by atoms with E-state index in [-0.39, 0.29) is 36.3 Å². The second-order valence-electron chi connectivity index (χ2n) is 6.76. The third-order valence-corrected chi connectivity index (χ3v) is 4.82. The average Bonchev–Trinajstić information content (AvgIpc) is 2.68. The first-order valence-corrected chi connectivity index (χ1v) is 9.61. The van der Waals surface area contributed by atoms with Gasteiger partial charge in [0, 0.05) is 32.6 Å². The van der Waals surface area contributed by atoms with Crippen LogP contribution in [0.4, 0.5) is 9.18 Å². The van der Waals surface area contributed by atoms with Crippen LogP contribution in [0.1, 0.15) is 32.3 Å². The maximum atomic E-state index is 13.6. The van der Waals surface area contributed by atoms with Gasteiger partial charge in [-0.3, -0.25) is 9.59 Å². The molecule has 0 radical (unpaired) electrons. The van der Waals surface area contributed by atoms with E-state index in [4.69, 9.17) is 4.74 Å². The van der Waals surface area contributed by atoms with Crippen molar-refractivity contribution in [1.82, 2.24) is 15.1 Å². The van der Waals surface area contributed by atoms with E-state index < -0.39 is 0 Å². The fourth-order valence-electron chi connectivity index (χ4n) is 3.32. The quantitative estimate of drug-likeness (QED) is 0.768. The molecule has 0 aliphatic carbocycles. The molecule has 1 N–H and O–H groups in total. The van der Waals surface area contributed by atoms with E-state index in [1.54, 1.807) is 34.9 Å². The van der Waals surface area contributed by atoms with Crippen LogP contribution in [0, 0.1) is 5.82 Å². The van der Waals surface area contributed by atoms with Crippen molar-refractivity contribution in [3.05, 3.63) is 35.6 Å². The molecule has 154 valence electrons. The largest absolute Gasteiger partial charge is 0.450 e. The van der Waals surface area contributed by atoms with Crippen molar-refractivity contribution in [2.75, 3.05) is 32.8 Å². The zero-order chi connectivity index (χ0) is 20.5. The summed E-state index contributed by atoms with van der Waals surface area (Å²) in [7, 11) is 0. The number of rotatable bonds is 7. The molecule has 7 nitrogen and oxygen atoms in total. The molecule has 0 unspecified atom stereocenters. The Morgan fingerprint density at radius 3 is 2.54 bits per heavy atom. The minimum absolute atomic E-state index is 0.0450. The lowest BCUT2D eigenvalue weighted by atomic mass is 10.0. The van der Waals surface area contributed by atoms with Crippen LogP contribution >= 0.6 is 0 Å². The summed E-state index contributed by atoms with van der Waals surface area (Å²) in [5.74, 6) is -0.756. The number of halogens is 1. The van der Waals surface area contributed by atoms with Gasteiger partial charge in [0.25, 0.3) is 0 Å². The predicted molar refractivity (Wildman–Crippen MR) is 102 cm³/mol. The lowest BCUT2D eigenvalue weighted by molar-refractivity contribution is -0.137. The van der Waals surface area contributed by atoms with Crippen molar-refractivity contribution in [3.63, 3.8) is 0 Å². The zero-order valence-electron chi connectivity index (χ0n) is 16.4. The van der Waals surface area contributed by atoms with Crippen LogP contribution in [0.2, 0.25) is 0 Å². The fourth-order valence-corrected chi connectivity index (χ4v) is 3.32. The smallest absolute Gasteiger partial charge is 0.409 e. The number of likely N-dealkylation sites (tertiary alicyclic amines) is 1. The monoisotopic (exact) mass is 393 g/mol. The van der Waals surface area contributed by atoms with Gasteiger partial charge in [-0.2, -0.15) is 0 Å². The van der Waals surface area contributed by atoms with E-state index in [1.165, 1.54) is 13.0 Å². The molecule has 2 rings (SSSR count). The maximum Gasteiger partial charge on any atom is 0.409 e. The molecule has 0 atom stereocenters. The Morgan fingerprint density at radius 1 is 1.25 bits per heavy atom. The molecule has 1 heterocycles. The third-order valence-electron chi connectivity index (χ3n) is 4.82. The molecule has 1 aromatic rings. The summed E-state index contributed by atoms with van der Waals surface area (Å²) in [5, 5.41) is 2.74. The van der Waals surface area contributed by atoms with Crippen molar-refractivity contribution < 1.29 is 23.5 Å². The topological polar surface area (TPSA) is 79.0 Å². The Hall–Kier alpha value is -2.64. The number of benzene rings is 1. The molecule has 0 bridgehead atoms. The Bertz CT molecular complexity index is 690. The molecule has 3 amide bonds. The highest BCUT2D eigenvalue weighted by Crippen LogP contribution is 2.17. The summed E-state index contributed by atoms with van der Waals surface area (Å²) < 4.78 is 18.6. The number of hydrogen-bond acceptors (Lipinski definition) is 4. The number of piperidine rings is 1. The van der Waals surface area contributed by atoms with Crippen LogP contribution < -0.4 is 5.32 Å². The van der Waals surface area contributed by atoms with E-state index in [1.807, 2.05) is 0 Å².